The molecule has 1 aliphatic rings. The minimum Gasteiger partial charge on any atom is -0.394 e. The van der Waals surface area contributed by atoms with Gasteiger partial charge < -0.3 is 10.0 Å². The number of anilines is 1. The fourth-order valence-corrected chi connectivity index (χ4v) is 2.18. The molecule has 0 unspecified atom stereocenters. The summed E-state index contributed by atoms with van der Waals surface area (Å²) in [6, 6.07) is 5.35. The molecule has 5 heteroatoms. The van der Waals surface area contributed by atoms with E-state index in [9.17, 15) is 8.78 Å². The summed E-state index contributed by atoms with van der Waals surface area (Å²) < 4.78 is 26.3. The van der Waals surface area contributed by atoms with Crippen molar-refractivity contribution in [3.05, 3.63) is 29.6 Å². The summed E-state index contributed by atoms with van der Waals surface area (Å²) in [7, 11) is 0. The van der Waals surface area contributed by atoms with E-state index in [-0.39, 0.29) is 31.2 Å². The van der Waals surface area contributed by atoms with E-state index in [1.54, 1.807) is 4.90 Å². The van der Waals surface area contributed by atoms with Crippen LogP contribution in [0, 0.1) is 17.1 Å². The smallest absolute Gasteiger partial charge is 0.124 e. The minimum atomic E-state index is -1.02. The molecule has 1 aliphatic heterocycles. The standard InChI is InChI=1S/C12H12F2N2O/c13-9-1-2-12(8(3-9)5-15)16-6-10(14)4-11(16)7-17/h1-3,10-11,17H,4,6-7H2/t10-,11-/m0/s1. The number of nitrogens with zero attached hydrogens (tertiary/aromatic N) is 2. The van der Waals surface area contributed by atoms with E-state index in [2.05, 4.69) is 0 Å². The Morgan fingerprint density at radius 3 is 2.94 bits per heavy atom. The number of benzene rings is 1. The highest BCUT2D eigenvalue weighted by molar-refractivity contribution is 5.60. The Labute approximate surface area is 97.9 Å². The third-order valence-electron chi connectivity index (χ3n) is 2.96. The Morgan fingerprint density at radius 2 is 2.29 bits per heavy atom. The molecule has 1 heterocycles. The van der Waals surface area contributed by atoms with Gasteiger partial charge in [0, 0.05) is 13.0 Å². The number of halogens is 2. The molecule has 17 heavy (non-hydrogen) atoms. The summed E-state index contributed by atoms with van der Waals surface area (Å²) in [4.78, 5) is 1.63. The lowest BCUT2D eigenvalue weighted by atomic mass is 10.1. The molecule has 0 spiro atoms. The Balaban J connectivity index is 2.37. The zero-order valence-corrected chi connectivity index (χ0v) is 9.11. The molecule has 0 amide bonds. The molecule has 0 bridgehead atoms. The average Bonchev–Trinajstić information content (AvgIpc) is 2.70. The van der Waals surface area contributed by atoms with E-state index in [1.807, 2.05) is 6.07 Å². The molecule has 1 aromatic carbocycles. The number of hydrogen-bond donors (Lipinski definition) is 1. The molecule has 0 aromatic heterocycles. The maximum absolute atomic E-state index is 13.3. The van der Waals surface area contributed by atoms with E-state index >= 15 is 0 Å². The molecule has 1 fully saturated rings. The molecule has 2 rings (SSSR count). The Kier molecular flexibility index (Phi) is 3.25. The van der Waals surface area contributed by atoms with E-state index in [1.165, 1.54) is 12.1 Å². The molecule has 0 radical (unpaired) electrons. The number of hydrogen-bond acceptors (Lipinski definition) is 3. The van der Waals surface area contributed by atoms with Crippen LogP contribution in [0.25, 0.3) is 0 Å². The first-order valence-corrected chi connectivity index (χ1v) is 5.37. The van der Waals surface area contributed by atoms with Gasteiger partial charge in [0.05, 0.1) is 23.9 Å². The molecule has 1 N–H and O–H groups in total. The third kappa shape index (κ3) is 2.22. The van der Waals surface area contributed by atoms with Crippen LogP contribution in [0.2, 0.25) is 0 Å². The van der Waals surface area contributed by atoms with Crippen LogP contribution in [-0.2, 0) is 0 Å². The maximum Gasteiger partial charge on any atom is 0.124 e. The van der Waals surface area contributed by atoms with Gasteiger partial charge in [-0.3, -0.25) is 0 Å². The van der Waals surface area contributed by atoms with Crippen molar-refractivity contribution in [2.45, 2.75) is 18.6 Å². The van der Waals surface area contributed by atoms with Crippen molar-refractivity contribution in [3.63, 3.8) is 0 Å². The second kappa shape index (κ2) is 4.68. The van der Waals surface area contributed by atoms with Crippen molar-refractivity contribution in [2.24, 2.45) is 0 Å². The summed E-state index contributed by atoms with van der Waals surface area (Å²) in [5.41, 5.74) is 0.644. The topological polar surface area (TPSA) is 47.3 Å². The average molecular weight is 238 g/mol. The highest BCUT2D eigenvalue weighted by Gasteiger charge is 2.32. The Morgan fingerprint density at radius 1 is 1.53 bits per heavy atom. The van der Waals surface area contributed by atoms with E-state index in [4.69, 9.17) is 10.4 Å². The molecule has 2 atom stereocenters. The van der Waals surface area contributed by atoms with Gasteiger partial charge in [0.25, 0.3) is 0 Å². The summed E-state index contributed by atoms with van der Waals surface area (Å²) in [5, 5.41) is 18.1. The van der Waals surface area contributed by atoms with Crippen LogP contribution >= 0.6 is 0 Å². The summed E-state index contributed by atoms with van der Waals surface area (Å²) in [6.07, 6.45) is -0.789. The quantitative estimate of drug-likeness (QED) is 0.851. The van der Waals surface area contributed by atoms with Gasteiger partial charge >= 0.3 is 0 Å². The molecular weight excluding hydrogens is 226 g/mol. The number of aliphatic hydroxyl groups is 1. The third-order valence-corrected chi connectivity index (χ3v) is 2.96. The highest BCUT2D eigenvalue weighted by Crippen LogP contribution is 2.30. The molecule has 90 valence electrons. The lowest BCUT2D eigenvalue weighted by Gasteiger charge is -2.25. The summed E-state index contributed by atoms with van der Waals surface area (Å²) in [5.74, 6) is -0.498. The van der Waals surface area contributed by atoms with Gasteiger partial charge in [-0.25, -0.2) is 8.78 Å². The molecule has 0 saturated carbocycles. The maximum atomic E-state index is 13.3. The first-order valence-electron chi connectivity index (χ1n) is 5.37. The molecule has 1 saturated heterocycles. The van der Waals surface area contributed by atoms with E-state index in [0.717, 1.165) is 6.07 Å². The molecule has 3 nitrogen and oxygen atoms in total. The monoisotopic (exact) mass is 238 g/mol. The molecule has 0 aliphatic carbocycles. The van der Waals surface area contributed by atoms with Gasteiger partial charge in [0.15, 0.2) is 0 Å². The van der Waals surface area contributed by atoms with Crippen LogP contribution in [0.3, 0.4) is 0 Å². The number of alkyl halides is 1. The van der Waals surface area contributed by atoms with Gasteiger partial charge in [0.1, 0.15) is 18.1 Å². The van der Waals surface area contributed by atoms with E-state index < -0.39 is 12.0 Å². The van der Waals surface area contributed by atoms with Crippen molar-refractivity contribution in [3.8, 4) is 6.07 Å². The summed E-state index contributed by atoms with van der Waals surface area (Å²) in [6.45, 7) is -0.0474. The zero-order valence-electron chi connectivity index (χ0n) is 9.11. The zero-order chi connectivity index (χ0) is 12.4. The predicted molar refractivity (Wildman–Crippen MR) is 58.8 cm³/mol. The highest BCUT2D eigenvalue weighted by atomic mass is 19.1. The minimum absolute atomic E-state index is 0.130. The number of aliphatic hydroxyl groups excluding tert-OH is 1. The van der Waals surface area contributed by atoms with Crippen LogP contribution in [0.1, 0.15) is 12.0 Å². The first kappa shape index (κ1) is 11.8. The van der Waals surface area contributed by atoms with Gasteiger partial charge in [-0.2, -0.15) is 5.26 Å². The first-order chi connectivity index (χ1) is 8.15. The van der Waals surface area contributed by atoms with Crippen LogP contribution in [0.5, 0.6) is 0 Å². The van der Waals surface area contributed by atoms with Crippen molar-refractivity contribution >= 4 is 5.69 Å². The number of rotatable bonds is 2. The molecular formula is C12H12F2N2O. The SMILES string of the molecule is N#Cc1cc(F)ccc1N1C[C@@H](F)C[C@H]1CO. The molecule has 1 aromatic rings. The van der Waals surface area contributed by atoms with Crippen molar-refractivity contribution in [1.29, 1.82) is 5.26 Å². The van der Waals surface area contributed by atoms with Crippen LogP contribution in [0.4, 0.5) is 14.5 Å². The second-order valence-corrected chi connectivity index (χ2v) is 4.10. The number of nitriles is 1. The van der Waals surface area contributed by atoms with Crippen molar-refractivity contribution < 1.29 is 13.9 Å². The van der Waals surface area contributed by atoms with Crippen LogP contribution in [-0.4, -0.2) is 30.5 Å². The summed E-state index contributed by atoms with van der Waals surface area (Å²) >= 11 is 0. The van der Waals surface area contributed by atoms with Crippen LogP contribution < -0.4 is 4.90 Å². The van der Waals surface area contributed by atoms with Gasteiger partial charge in [0.2, 0.25) is 0 Å². The second-order valence-electron chi connectivity index (χ2n) is 4.10. The normalized spacial score (nSPS) is 23.8. The van der Waals surface area contributed by atoms with E-state index in [0.29, 0.717) is 5.69 Å². The van der Waals surface area contributed by atoms with Crippen molar-refractivity contribution in [1.82, 2.24) is 0 Å². The van der Waals surface area contributed by atoms with Gasteiger partial charge in [-0.05, 0) is 18.2 Å². The van der Waals surface area contributed by atoms with Gasteiger partial charge in [-0.15, -0.1) is 0 Å². The fourth-order valence-electron chi connectivity index (χ4n) is 2.18. The van der Waals surface area contributed by atoms with Crippen LogP contribution in [0.15, 0.2) is 18.2 Å². The Bertz CT molecular complexity index is 458. The largest absolute Gasteiger partial charge is 0.394 e. The fraction of sp³-hybridized carbons (Fsp3) is 0.417. The lowest BCUT2D eigenvalue weighted by Crippen LogP contribution is -2.32. The van der Waals surface area contributed by atoms with Gasteiger partial charge in [-0.1, -0.05) is 0 Å². The predicted octanol–water partition coefficient (Wildman–Crippen LogP) is 1.61. The van der Waals surface area contributed by atoms with Crippen molar-refractivity contribution in [2.75, 3.05) is 18.1 Å². The Hall–Kier alpha value is -1.67. The lowest BCUT2D eigenvalue weighted by molar-refractivity contribution is 0.255.